The molecule has 1 aliphatic heterocycles. The largest absolute Gasteiger partial charge is 0.302 e. The van der Waals surface area contributed by atoms with E-state index in [0.717, 1.165) is 37.8 Å². The zero-order valence-corrected chi connectivity index (χ0v) is 7.05. The van der Waals surface area contributed by atoms with Gasteiger partial charge < -0.3 is 4.79 Å². The number of hydrogen-bond acceptors (Lipinski definition) is 2. The molecule has 0 spiro atoms. The molecule has 0 aliphatic carbocycles. The lowest BCUT2D eigenvalue weighted by molar-refractivity contribution is -0.111. The van der Waals surface area contributed by atoms with Gasteiger partial charge in [0.1, 0.15) is 6.29 Å². The lowest BCUT2D eigenvalue weighted by atomic mass is 10.2. The average molecular weight is 153 g/mol. The molecular weight excluding hydrogens is 138 g/mol. The summed E-state index contributed by atoms with van der Waals surface area (Å²) in [6.07, 6.45) is 3.23. The molecule has 1 fully saturated rings. The first-order chi connectivity index (χ1) is 5.24. The topological polar surface area (TPSA) is 20.3 Å². The van der Waals surface area contributed by atoms with Crippen molar-refractivity contribution in [2.45, 2.75) is 25.8 Å². The highest BCUT2D eigenvalue weighted by Gasteiger charge is 2.22. The molecule has 0 amide bonds. The second-order valence-corrected chi connectivity index (χ2v) is 3.27. The Balaban J connectivity index is 2.43. The molecule has 0 radical (unpaired) electrons. The third-order valence-corrected chi connectivity index (χ3v) is 2.04. The van der Waals surface area contributed by atoms with Crippen LogP contribution in [0.2, 0.25) is 0 Å². The van der Waals surface area contributed by atoms with E-state index in [1.54, 1.807) is 0 Å². The van der Waals surface area contributed by atoms with Gasteiger partial charge in [-0.3, -0.25) is 4.90 Å². The number of aldehydes is 1. The van der Waals surface area contributed by atoms with E-state index in [0.29, 0.717) is 0 Å². The van der Waals surface area contributed by atoms with Crippen molar-refractivity contribution in [1.82, 2.24) is 4.90 Å². The van der Waals surface area contributed by atoms with Gasteiger partial charge in [-0.05, 0) is 26.3 Å². The molecule has 0 saturated carbocycles. The third kappa shape index (κ3) is 2.15. The van der Waals surface area contributed by atoms with Gasteiger partial charge in [0.25, 0.3) is 0 Å². The fraction of sp³-hybridized carbons (Fsp3) is 0.667. The molecule has 1 atom stereocenters. The second kappa shape index (κ2) is 3.67. The van der Waals surface area contributed by atoms with Gasteiger partial charge in [-0.1, -0.05) is 12.2 Å². The van der Waals surface area contributed by atoms with Crippen molar-refractivity contribution in [3.63, 3.8) is 0 Å². The van der Waals surface area contributed by atoms with Crippen LogP contribution in [0.1, 0.15) is 19.8 Å². The SMILES string of the molecule is C=C(C)CN1CCC[C@H]1C=O. The van der Waals surface area contributed by atoms with Crippen LogP contribution in [-0.2, 0) is 4.79 Å². The summed E-state index contributed by atoms with van der Waals surface area (Å²) in [5.41, 5.74) is 1.14. The van der Waals surface area contributed by atoms with E-state index in [2.05, 4.69) is 11.5 Å². The van der Waals surface area contributed by atoms with E-state index in [1.165, 1.54) is 0 Å². The van der Waals surface area contributed by atoms with Gasteiger partial charge in [0, 0.05) is 6.54 Å². The number of rotatable bonds is 3. The first-order valence-electron chi connectivity index (χ1n) is 4.08. The van der Waals surface area contributed by atoms with Crippen LogP contribution < -0.4 is 0 Å². The summed E-state index contributed by atoms with van der Waals surface area (Å²) < 4.78 is 0. The molecule has 11 heavy (non-hydrogen) atoms. The number of hydrogen-bond donors (Lipinski definition) is 0. The maximum atomic E-state index is 10.5. The summed E-state index contributed by atoms with van der Waals surface area (Å²) in [6.45, 7) is 7.76. The highest BCUT2D eigenvalue weighted by atomic mass is 16.1. The van der Waals surface area contributed by atoms with Crippen LogP contribution in [0.5, 0.6) is 0 Å². The van der Waals surface area contributed by atoms with Crippen LogP contribution in [0.15, 0.2) is 12.2 Å². The average Bonchev–Trinajstić information content (AvgIpc) is 2.34. The van der Waals surface area contributed by atoms with E-state index in [9.17, 15) is 4.79 Å². The number of carbonyl (C=O) groups excluding carboxylic acids is 1. The van der Waals surface area contributed by atoms with Gasteiger partial charge in [-0.25, -0.2) is 0 Å². The van der Waals surface area contributed by atoms with Gasteiger partial charge >= 0.3 is 0 Å². The van der Waals surface area contributed by atoms with Crippen LogP contribution in [0.25, 0.3) is 0 Å². The van der Waals surface area contributed by atoms with Gasteiger partial charge in [-0.2, -0.15) is 0 Å². The first kappa shape index (κ1) is 8.47. The molecule has 0 N–H and O–H groups in total. The Kier molecular flexibility index (Phi) is 2.83. The quantitative estimate of drug-likeness (QED) is 0.449. The summed E-state index contributed by atoms with van der Waals surface area (Å²) in [5.74, 6) is 0. The maximum Gasteiger partial charge on any atom is 0.137 e. The number of likely N-dealkylation sites (tertiary alicyclic amines) is 1. The lowest BCUT2D eigenvalue weighted by Crippen LogP contribution is -2.31. The summed E-state index contributed by atoms with van der Waals surface area (Å²) in [4.78, 5) is 12.7. The Morgan fingerprint density at radius 1 is 1.82 bits per heavy atom. The molecular formula is C9H15NO. The minimum absolute atomic E-state index is 0.159. The van der Waals surface area contributed by atoms with Gasteiger partial charge in [0.05, 0.1) is 6.04 Å². The maximum absolute atomic E-state index is 10.5. The third-order valence-electron chi connectivity index (χ3n) is 2.04. The van der Waals surface area contributed by atoms with Gasteiger partial charge in [0.2, 0.25) is 0 Å². The molecule has 0 aromatic heterocycles. The molecule has 1 aliphatic rings. The number of nitrogens with zero attached hydrogens (tertiary/aromatic N) is 1. The minimum Gasteiger partial charge on any atom is -0.302 e. The fourth-order valence-electron chi connectivity index (χ4n) is 1.55. The highest BCUT2D eigenvalue weighted by Crippen LogP contribution is 2.15. The molecule has 0 aromatic carbocycles. The zero-order valence-electron chi connectivity index (χ0n) is 7.05. The fourth-order valence-corrected chi connectivity index (χ4v) is 1.55. The molecule has 2 nitrogen and oxygen atoms in total. The second-order valence-electron chi connectivity index (χ2n) is 3.27. The van der Waals surface area contributed by atoms with Crippen molar-refractivity contribution in [1.29, 1.82) is 0 Å². The Hall–Kier alpha value is -0.630. The van der Waals surface area contributed by atoms with E-state index in [-0.39, 0.29) is 6.04 Å². The van der Waals surface area contributed by atoms with E-state index in [4.69, 9.17) is 0 Å². The van der Waals surface area contributed by atoms with Crippen molar-refractivity contribution < 1.29 is 4.79 Å². The lowest BCUT2D eigenvalue weighted by Gasteiger charge is -2.19. The molecule has 0 unspecified atom stereocenters. The monoisotopic (exact) mass is 153 g/mol. The van der Waals surface area contributed by atoms with Crippen molar-refractivity contribution in [3.05, 3.63) is 12.2 Å². The van der Waals surface area contributed by atoms with Gasteiger partial charge in [0.15, 0.2) is 0 Å². The summed E-state index contributed by atoms with van der Waals surface area (Å²) in [7, 11) is 0. The molecule has 0 aromatic rings. The van der Waals surface area contributed by atoms with Crippen molar-refractivity contribution in [3.8, 4) is 0 Å². The van der Waals surface area contributed by atoms with Crippen LogP contribution >= 0.6 is 0 Å². The van der Waals surface area contributed by atoms with E-state index >= 15 is 0 Å². The zero-order chi connectivity index (χ0) is 8.27. The summed E-state index contributed by atoms with van der Waals surface area (Å²) in [6, 6.07) is 0.159. The van der Waals surface area contributed by atoms with Gasteiger partial charge in [-0.15, -0.1) is 0 Å². The molecule has 1 heterocycles. The Morgan fingerprint density at radius 3 is 3.09 bits per heavy atom. The minimum atomic E-state index is 0.159. The summed E-state index contributed by atoms with van der Waals surface area (Å²) >= 11 is 0. The first-order valence-corrected chi connectivity index (χ1v) is 4.08. The Labute approximate surface area is 67.9 Å². The van der Waals surface area contributed by atoms with Crippen LogP contribution in [0.4, 0.5) is 0 Å². The molecule has 2 heteroatoms. The smallest absolute Gasteiger partial charge is 0.137 e. The van der Waals surface area contributed by atoms with Crippen molar-refractivity contribution >= 4 is 6.29 Å². The Morgan fingerprint density at radius 2 is 2.55 bits per heavy atom. The van der Waals surface area contributed by atoms with Crippen LogP contribution in [0.3, 0.4) is 0 Å². The van der Waals surface area contributed by atoms with Crippen molar-refractivity contribution in [2.75, 3.05) is 13.1 Å². The molecule has 1 saturated heterocycles. The van der Waals surface area contributed by atoms with Crippen LogP contribution in [-0.4, -0.2) is 30.3 Å². The van der Waals surface area contributed by atoms with Crippen molar-refractivity contribution in [2.24, 2.45) is 0 Å². The molecule has 62 valence electrons. The predicted molar refractivity (Wildman–Crippen MR) is 45.5 cm³/mol. The Bertz CT molecular complexity index is 165. The van der Waals surface area contributed by atoms with E-state index < -0.39 is 0 Å². The molecule has 1 rings (SSSR count). The predicted octanol–water partition coefficient (Wildman–Crippen LogP) is 1.23. The number of carbonyl (C=O) groups is 1. The van der Waals surface area contributed by atoms with E-state index in [1.807, 2.05) is 6.92 Å². The van der Waals surface area contributed by atoms with Crippen LogP contribution in [0, 0.1) is 0 Å². The standard InChI is InChI=1S/C9H15NO/c1-8(2)6-10-5-3-4-9(10)7-11/h7,9H,1,3-6H2,2H3/t9-/m0/s1. The normalized spacial score (nSPS) is 25.4. The summed E-state index contributed by atoms with van der Waals surface area (Å²) in [5, 5.41) is 0. The molecule has 0 bridgehead atoms. The highest BCUT2D eigenvalue weighted by molar-refractivity contribution is 5.58.